The largest absolute Gasteiger partial charge is 0.144 e. The Labute approximate surface area is 104 Å². The Morgan fingerprint density at radius 1 is 1.33 bits per heavy atom. The molecular weight excluding hydrogens is 268 g/mol. The lowest BCUT2D eigenvalue weighted by atomic mass is 10.1. The normalized spacial score (nSPS) is 35.3. The van der Waals surface area contributed by atoms with Crippen LogP contribution in [0.1, 0.15) is 39.4 Å². The predicted octanol–water partition coefficient (Wildman–Crippen LogP) is 4.85. The minimum absolute atomic E-state index is 0.645. The molecule has 2 aliphatic carbocycles. The van der Waals surface area contributed by atoms with E-state index in [4.69, 9.17) is 0 Å². The molecule has 1 aromatic heterocycles. The molecule has 1 aromatic rings. The Hall–Kier alpha value is 0.180. The van der Waals surface area contributed by atoms with Crippen LogP contribution in [0.25, 0.3) is 0 Å². The van der Waals surface area contributed by atoms with Crippen molar-refractivity contribution in [3.8, 4) is 0 Å². The van der Waals surface area contributed by atoms with Gasteiger partial charge in [-0.25, -0.2) is 0 Å². The van der Waals surface area contributed by atoms with Gasteiger partial charge in [-0.15, -0.1) is 11.3 Å². The quantitative estimate of drug-likeness (QED) is 0.682. The Kier molecular flexibility index (Phi) is 2.48. The van der Waals surface area contributed by atoms with Crippen molar-refractivity contribution in [2.75, 3.05) is 0 Å². The zero-order valence-corrected chi connectivity index (χ0v) is 11.7. The lowest BCUT2D eigenvalue weighted by molar-refractivity contribution is 0.586. The zero-order chi connectivity index (χ0) is 10.6. The molecule has 0 aromatic carbocycles. The van der Waals surface area contributed by atoms with Gasteiger partial charge in [0.05, 0.1) is 4.83 Å². The third-order valence-corrected chi connectivity index (χ3v) is 6.75. The van der Waals surface area contributed by atoms with Crippen LogP contribution in [0.4, 0.5) is 0 Å². The van der Waals surface area contributed by atoms with Gasteiger partial charge in [0.2, 0.25) is 0 Å². The van der Waals surface area contributed by atoms with E-state index in [2.05, 4.69) is 35.8 Å². The molecule has 2 saturated carbocycles. The molecule has 3 atom stereocenters. The molecule has 0 bridgehead atoms. The third kappa shape index (κ3) is 1.61. The van der Waals surface area contributed by atoms with Crippen LogP contribution in [-0.2, 0) is 0 Å². The fourth-order valence-corrected chi connectivity index (χ4v) is 5.92. The second kappa shape index (κ2) is 3.59. The average molecular weight is 285 g/mol. The lowest BCUT2D eigenvalue weighted by Crippen LogP contribution is -1.97. The smallest absolute Gasteiger partial charge is 0.0525 e. The second-order valence-corrected chi connectivity index (χ2v) is 7.42. The van der Waals surface area contributed by atoms with Crippen molar-refractivity contribution in [1.82, 2.24) is 0 Å². The third-order valence-electron chi connectivity index (χ3n) is 4.14. The van der Waals surface area contributed by atoms with Crippen molar-refractivity contribution in [2.45, 2.75) is 37.9 Å². The van der Waals surface area contributed by atoms with Gasteiger partial charge in [0.25, 0.3) is 0 Å². The highest BCUT2D eigenvalue weighted by atomic mass is 79.9. The summed E-state index contributed by atoms with van der Waals surface area (Å²) in [4.78, 5) is 3.69. The Morgan fingerprint density at radius 3 is 2.53 bits per heavy atom. The molecule has 0 nitrogen and oxygen atoms in total. The van der Waals surface area contributed by atoms with Gasteiger partial charge in [0.1, 0.15) is 0 Å². The van der Waals surface area contributed by atoms with Crippen molar-refractivity contribution in [3.05, 3.63) is 21.4 Å². The number of hydrogen-bond donors (Lipinski definition) is 0. The first-order valence-corrected chi connectivity index (χ1v) is 7.62. The number of rotatable bonds is 2. The van der Waals surface area contributed by atoms with Gasteiger partial charge in [0.15, 0.2) is 0 Å². The van der Waals surface area contributed by atoms with Crippen molar-refractivity contribution >= 4 is 27.3 Å². The average Bonchev–Trinajstić information content (AvgIpc) is 2.58. The van der Waals surface area contributed by atoms with Gasteiger partial charge < -0.3 is 0 Å². The van der Waals surface area contributed by atoms with E-state index in [0.717, 1.165) is 17.8 Å². The van der Waals surface area contributed by atoms with Crippen LogP contribution in [0.5, 0.6) is 0 Å². The Morgan fingerprint density at radius 2 is 2.00 bits per heavy atom. The molecule has 2 heteroatoms. The Balaban J connectivity index is 1.80. The van der Waals surface area contributed by atoms with Gasteiger partial charge in [-0.2, -0.15) is 0 Å². The summed E-state index contributed by atoms with van der Waals surface area (Å²) in [6, 6.07) is 2.33. The van der Waals surface area contributed by atoms with E-state index in [1.165, 1.54) is 29.7 Å². The van der Waals surface area contributed by atoms with E-state index in [0.29, 0.717) is 4.83 Å². The molecule has 3 rings (SSSR count). The first-order chi connectivity index (χ1) is 7.18. The fourth-order valence-electron chi connectivity index (χ4n) is 3.42. The maximum atomic E-state index is 3.94. The highest BCUT2D eigenvalue weighted by Crippen LogP contribution is 2.65. The van der Waals surface area contributed by atoms with Crippen LogP contribution in [0.15, 0.2) is 6.07 Å². The van der Waals surface area contributed by atoms with Gasteiger partial charge in [-0.1, -0.05) is 22.4 Å². The van der Waals surface area contributed by atoms with Crippen LogP contribution >= 0.6 is 27.3 Å². The van der Waals surface area contributed by atoms with E-state index in [-0.39, 0.29) is 0 Å². The van der Waals surface area contributed by atoms with Gasteiger partial charge >= 0.3 is 0 Å². The van der Waals surface area contributed by atoms with Crippen LogP contribution in [0, 0.1) is 31.6 Å². The van der Waals surface area contributed by atoms with Crippen molar-refractivity contribution < 1.29 is 0 Å². The molecule has 2 fully saturated rings. The number of fused-ring (bicyclic) bond motifs is 1. The molecule has 0 amide bonds. The van der Waals surface area contributed by atoms with E-state index < -0.39 is 0 Å². The molecular formula is C13H17BrS. The summed E-state index contributed by atoms with van der Waals surface area (Å²) < 4.78 is 0. The number of aryl methyl sites for hydroxylation is 2. The van der Waals surface area contributed by atoms with Crippen molar-refractivity contribution in [1.29, 1.82) is 0 Å². The zero-order valence-electron chi connectivity index (χ0n) is 9.29. The van der Waals surface area contributed by atoms with Crippen molar-refractivity contribution in [2.24, 2.45) is 17.8 Å². The molecule has 1 heterocycles. The van der Waals surface area contributed by atoms with Gasteiger partial charge in [-0.3, -0.25) is 0 Å². The summed E-state index contributed by atoms with van der Waals surface area (Å²) >= 11 is 5.93. The summed E-state index contributed by atoms with van der Waals surface area (Å²) in [7, 11) is 0. The maximum Gasteiger partial charge on any atom is 0.0525 e. The first kappa shape index (κ1) is 10.3. The summed E-state index contributed by atoms with van der Waals surface area (Å²) in [5, 5.41) is 0. The summed E-state index contributed by atoms with van der Waals surface area (Å²) in [6.07, 6.45) is 4.45. The molecule has 0 N–H and O–H groups in total. The second-order valence-electron chi connectivity index (χ2n) is 5.14. The van der Waals surface area contributed by atoms with Crippen molar-refractivity contribution in [3.63, 3.8) is 0 Å². The number of thiophene rings is 1. The molecule has 3 unspecified atom stereocenters. The van der Waals surface area contributed by atoms with E-state index in [1.807, 2.05) is 11.3 Å². The van der Waals surface area contributed by atoms with E-state index >= 15 is 0 Å². The minimum Gasteiger partial charge on any atom is -0.144 e. The van der Waals surface area contributed by atoms with E-state index in [1.54, 1.807) is 4.88 Å². The number of hydrogen-bond acceptors (Lipinski definition) is 1. The van der Waals surface area contributed by atoms with E-state index in [9.17, 15) is 0 Å². The fraction of sp³-hybridized carbons (Fsp3) is 0.692. The predicted molar refractivity (Wildman–Crippen MR) is 69.8 cm³/mol. The van der Waals surface area contributed by atoms with Crippen LogP contribution in [0.2, 0.25) is 0 Å². The number of alkyl halides is 1. The van der Waals surface area contributed by atoms with Gasteiger partial charge in [-0.05, 0) is 56.1 Å². The maximum absolute atomic E-state index is 3.94. The topological polar surface area (TPSA) is 0 Å². The molecule has 82 valence electrons. The highest BCUT2D eigenvalue weighted by molar-refractivity contribution is 9.09. The highest BCUT2D eigenvalue weighted by Gasteiger charge is 2.55. The summed E-state index contributed by atoms with van der Waals surface area (Å²) in [6.45, 7) is 4.47. The molecule has 2 aliphatic rings. The lowest BCUT2D eigenvalue weighted by Gasteiger charge is -2.11. The molecule has 0 spiro atoms. The molecule has 0 aliphatic heterocycles. The summed E-state index contributed by atoms with van der Waals surface area (Å²) in [5.41, 5.74) is 1.49. The molecule has 0 saturated heterocycles. The minimum atomic E-state index is 0.645. The monoisotopic (exact) mass is 284 g/mol. The van der Waals surface area contributed by atoms with Crippen LogP contribution in [-0.4, -0.2) is 0 Å². The van der Waals surface area contributed by atoms with Crippen LogP contribution in [0.3, 0.4) is 0 Å². The first-order valence-electron chi connectivity index (χ1n) is 5.89. The van der Waals surface area contributed by atoms with Crippen LogP contribution < -0.4 is 0 Å². The van der Waals surface area contributed by atoms with Gasteiger partial charge in [0, 0.05) is 9.75 Å². The summed E-state index contributed by atoms with van der Waals surface area (Å²) in [5.74, 6) is 3.06. The molecule has 15 heavy (non-hydrogen) atoms. The Bertz CT molecular complexity index is 372. The standard InChI is InChI=1S/C13H17BrS/c1-7-6-8(2)15-13(7)12(14)11-9-4-3-5-10(9)11/h6,9-12H,3-5H2,1-2H3. The SMILES string of the molecule is Cc1cc(C)c(C(Br)C2C3CCCC32)s1. The molecule has 0 radical (unpaired) electrons. The number of halogens is 1.